The molecule has 3 N–H and O–H groups in total. The normalized spacial score (nSPS) is 10.3. The van der Waals surface area contributed by atoms with Crippen molar-refractivity contribution < 1.29 is 4.79 Å². The number of nitrogens with two attached hydrogens (primary N) is 1. The van der Waals surface area contributed by atoms with Gasteiger partial charge in [-0.25, -0.2) is 9.97 Å². The van der Waals surface area contributed by atoms with E-state index in [4.69, 9.17) is 5.73 Å². The van der Waals surface area contributed by atoms with Gasteiger partial charge in [0.1, 0.15) is 5.69 Å². The van der Waals surface area contributed by atoms with E-state index in [0.29, 0.717) is 23.9 Å². The fourth-order valence-corrected chi connectivity index (χ4v) is 1.72. The van der Waals surface area contributed by atoms with Gasteiger partial charge in [-0.2, -0.15) is 0 Å². The first kappa shape index (κ1) is 10.8. The zero-order chi connectivity index (χ0) is 11.4. The molecule has 2 rings (SSSR count). The van der Waals surface area contributed by atoms with Crippen LogP contribution in [0.2, 0.25) is 0 Å². The maximum Gasteiger partial charge on any atom is 0.277 e. The molecule has 7 heteroatoms. The molecule has 1 amide bonds. The molecule has 0 atom stereocenters. The first-order chi connectivity index (χ1) is 7.79. The first-order valence-electron chi connectivity index (χ1n) is 4.72. The van der Waals surface area contributed by atoms with Crippen LogP contribution in [0.3, 0.4) is 0 Å². The number of hydrogen-bond donors (Lipinski definition) is 2. The monoisotopic (exact) mass is 237 g/mol. The highest BCUT2D eigenvalue weighted by Crippen LogP contribution is 2.11. The van der Waals surface area contributed by atoms with E-state index in [9.17, 15) is 4.79 Å². The van der Waals surface area contributed by atoms with Crippen molar-refractivity contribution in [2.45, 2.75) is 6.54 Å². The summed E-state index contributed by atoms with van der Waals surface area (Å²) in [5, 5.41) is 5.02. The second kappa shape index (κ2) is 4.86. The second-order valence-electron chi connectivity index (χ2n) is 3.08. The molecule has 84 valence electrons. The molecule has 0 spiro atoms. The molecule has 2 aromatic heterocycles. The first-order valence-corrected chi connectivity index (χ1v) is 5.60. The number of aromatic nitrogens is 3. The summed E-state index contributed by atoms with van der Waals surface area (Å²) >= 11 is 1.37. The van der Waals surface area contributed by atoms with Crippen molar-refractivity contribution in [3.63, 3.8) is 0 Å². The van der Waals surface area contributed by atoms with Gasteiger partial charge in [-0.05, 0) is 0 Å². The molecular weight excluding hydrogens is 226 g/mol. The number of thiazole rings is 1. The van der Waals surface area contributed by atoms with E-state index in [1.807, 2.05) is 0 Å². The standard InChI is InChI=1S/C9H11N5OS/c10-1-3-14-5-7(12-6-14)8(15)13-9-11-2-4-16-9/h2,4-6H,1,3,10H2,(H,11,13,15). The molecule has 0 radical (unpaired) electrons. The van der Waals surface area contributed by atoms with Crippen molar-refractivity contribution in [3.8, 4) is 0 Å². The summed E-state index contributed by atoms with van der Waals surface area (Å²) in [5.41, 5.74) is 5.76. The highest BCUT2D eigenvalue weighted by atomic mass is 32.1. The van der Waals surface area contributed by atoms with E-state index in [0.717, 1.165) is 0 Å². The van der Waals surface area contributed by atoms with Crippen LogP contribution in [0.25, 0.3) is 0 Å². The van der Waals surface area contributed by atoms with E-state index in [1.54, 1.807) is 28.7 Å². The molecule has 0 fully saturated rings. The van der Waals surface area contributed by atoms with E-state index in [1.165, 1.54) is 11.3 Å². The number of carbonyl (C=O) groups excluding carboxylic acids is 1. The van der Waals surface area contributed by atoms with E-state index >= 15 is 0 Å². The van der Waals surface area contributed by atoms with Gasteiger partial charge in [0.2, 0.25) is 0 Å². The van der Waals surface area contributed by atoms with E-state index < -0.39 is 0 Å². The van der Waals surface area contributed by atoms with E-state index in [-0.39, 0.29) is 5.91 Å². The summed E-state index contributed by atoms with van der Waals surface area (Å²) in [6, 6.07) is 0. The van der Waals surface area contributed by atoms with Crippen LogP contribution >= 0.6 is 11.3 Å². The Balaban J connectivity index is 2.03. The van der Waals surface area contributed by atoms with Gasteiger partial charge in [0.25, 0.3) is 5.91 Å². The minimum Gasteiger partial charge on any atom is -0.335 e. The lowest BCUT2D eigenvalue weighted by molar-refractivity contribution is 0.102. The quantitative estimate of drug-likeness (QED) is 0.813. The summed E-state index contributed by atoms with van der Waals surface area (Å²) in [6.07, 6.45) is 4.88. The number of hydrogen-bond acceptors (Lipinski definition) is 5. The van der Waals surface area contributed by atoms with Crippen LogP contribution in [0, 0.1) is 0 Å². The smallest absolute Gasteiger partial charge is 0.277 e. The van der Waals surface area contributed by atoms with Gasteiger partial charge in [0, 0.05) is 30.9 Å². The van der Waals surface area contributed by atoms with Crippen LogP contribution in [0.1, 0.15) is 10.5 Å². The molecule has 0 aliphatic carbocycles. The Kier molecular flexibility index (Phi) is 3.28. The predicted octanol–water partition coefficient (Wildman–Crippen LogP) is 0.551. The summed E-state index contributed by atoms with van der Waals surface area (Å²) in [4.78, 5) is 19.6. The average molecular weight is 237 g/mol. The fraction of sp³-hybridized carbons (Fsp3) is 0.222. The molecule has 0 aliphatic rings. The Morgan fingerprint density at radius 3 is 3.12 bits per heavy atom. The molecule has 6 nitrogen and oxygen atoms in total. The SMILES string of the molecule is NCCn1cnc(C(=O)Nc2nccs2)c1. The third kappa shape index (κ3) is 2.44. The van der Waals surface area contributed by atoms with Crippen LogP contribution in [-0.4, -0.2) is 27.0 Å². The molecule has 16 heavy (non-hydrogen) atoms. The zero-order valence-corrected chi connectivity index (χ0v) is 9.28. The number of nitrogens with zero attached hydrogens (tertiary/aromatic N) is 3. The Morgan fingerprint density at radius 1 is 1.56 bits per heavy atom. The van der Waals surface area contributed by atoms with Gasteiger partial charge in [0.05, 0.1) is 6.33 Å². The Hall–Kier alpha value is -1.73. The lowest BCUT2D eigenvalue weighted by Crippen LogP contribution is -2.12. The number of anilines is 1. The molecule has 0 saturated carbocycles. The Morgan fingerprint density at radius 2 is 2.44 bits per heavy atom. The zero-order valence-electron chi connectivity index (χ0n) is 8.46. The lowest BCUT2D eigenvalue weighted by Gasteiger charge is -1.97. The van der Waals surface area contributed by atoms with Gasteiger partial charge in [-0.1, -0.05) is 0 Å². The highest BCUT2D eigenvalue weighted by molar-refractivity contribution is 7.13. The lowest BCUT2D eigenvalue weighted by atomic mass is 10.4. The summed E-state index contributed by atoms with van der Waals surface area (Å²) in [5.74, 6) is -0.259. The fourth-order valence-electron chi connectivity index (χ4n) is 1.20. The number of carbonyl (C=O) groups is 1. The molecule has 0 bridgehead atoms. The number of imidazole rings is 1. The second-order valence-corrected chi connectivity index (χ2v) is 3.97. The minimum atomic E-state index is -0.259. The van der Waals surface area contributed by atoms with Gasteiger partial charge < -0.3 is 10.3 Å². The molecule has 2 heterocycles. The molecule has 0 unspecified atom stereocenters. The molecule has 2 aromatic rings. The molecule has 0 saturated heterocycles. The van der Waals surface area contributed by atoms with Gasteiger partial charge in [-0.15, -0.1) is 11.3 Å². The Labute approximate surface area is 96.1 Å². The average Bonchev–Trinajstić information content (AvgIpc) is 2.89. The molecular formula is C9H11N5OS. The van der Waals surface area contributed by atoms with Crippen LogP contribution in [0.15, 0.2) is 24.1 Å². The van der Waals surface area contributed by atoms with Crippen molar-refractivity contribution in [1.29, 1.82) is 0 Å². The summed E-state index contributed by atoms with van der Waals surface area (Å²) in [6.45, 7) is 1.17. The third-order valence-electron chi connectivity index (χ3n) is 1.91. The van der Waals surface area contributed by atoms with Crippen LogP contribution in [0.5, 0.6) is 0 Å². The van der Waals surface area contributed by atoms with Gasteiger partial charge in [-0.3, -0.25) is 10.1 Å². The predicted molar refractivity (Wildman–Crippen MR) is 61.3 cm³/mol. The van der Waals surface area contributed by atoms with Crippen molar-refractivity contribution in [2.24, 2.45) is 5.73 Å². The Bertz CT molecular complexity index is 464. The number of nitrogens with one attached hydrogen (secondary N) is 1. The molecule has 0 aliphatic heterocycles. The minimum absolute atomic E-state index is 0.259. The topological polar surface area (TPSA) is 85.8 Å². The number of rotatable bonds is 4. The van der Waals surface area contributed by atoms with Crippen LogP contribution < -0.4 is 11.1 Å². The van der Waals surface area contributed by atoms with Crippen LogP contribution in [-0.2, 0) is 6.54 Å². The van der Waals surface area contributed by atoms with Crippen molar-refractivity contribution in [1.82, 2.24) is 14.5 Å². The third-order valence-corrected chi connectivity index (χ3v) is 2.59. The largest absolute Gasteiger partial charge is 0.335 e. The molecule has 0 aromatic carbocycles. The maximum absolute atomic E-state index is 11.7. The number of amides is 1. The van der Waals surface area contributed by atoms with Crippen molar-refractivity contribution in [2.75, 3.05) is 11.9 Å². The van der Waals surface area contributed by atoms with Gasteiger partial charge in [0.15, 0.2) is 5.13 Å². The maximum atomic E-state index is 11.7. The summed E-state index contributed by atoms with van der Waals surface area (Å²) in [7, 11) is 0. The van der Waals surface area contributed by atoms with E-state index in [2.05, 4.69) is 15.3 Å². The highest BCUT2D eigenvalue weighted by Gasteiger charge is 2.10. The van der Waals surface area contributed by atoms with Crippen molar-refractivity contribution >= 4 is 22.4 Å². The summed E-state index contributed by atoms with van der Waals surface area (Å²) < 4.78 is 1.77. The van der Waals surface area contributed by atoms with Crippen molar-refractivity contribution in [3.05, 3.63) is 29.8 Å². The van der Waals surface area contributed by atoms with Gasteiger partial charge >= 0.3 is 0 Å². The van der Waals surface area contributed by atoms with Crippen LogP contribution in [0.4, 0.5) is 5.13 Å².